The van der Waals surface area contributed by atoms with E-state index in [9.17, 15) is 22.8 Å². The Hall–Kier alpha value is -3.47. The van der Waals surface area contributed by atoms with Crippen LogP contribution in [-0.2, 0) is 11.0 Å². The Kier molecular flexibility index (Phi) is 8.35. The molecule has 2 N–H and O–H groups in total. The van der Waals surface area contributed by atoms with E-state index in [1.807, 2.05) is 32.9 Å². The maximum Gasteiger partial charge on any atom is 0.416 e. The second-order valence-electron chi connectivity index (χ2n) is 8.95. The van der Waals surface area contributed by atoms with Gasteiger partial charge in [0.25, 0.3) is 5.91 Å². The van der Waals surface area contributed by atoms with E-state index in [0.717, 1.165) is 41.6 Å². The third kappa shape index (κ3) is 5.98. The van der Waals surface area contributed by atoms with Gasteiger partial charge in [-0.15, -0.1) is 0 Å². The number of hydrogen-bond donors (Lipinski definition) is 2. The van der Waals surface area contributed by atoms with Crippen molar-refractivity contribution in [1.82, 2.24) is 9.80 Å². The van der Waals surface area contributed by atoms with E-state index < -0.39 is 17.8 Å². The van der Waals surface area contributed by atoms with Gasteiger partial charge in [-0.25, -0.2) is 9.79 Å². The van der Waals surface area contributed by atoms with Crippen LogP contribution in [-0.4, -0.2) is 52.3 Å². The molecule has 2 aliphatic heterocycles. The molecule has 7 nitrogen and oxygen atoms in total. The van der Waals surface area contributed by atoms with Crippen molar-refractivity contribution in [2.24, 2.45) is 4.99 Å². The van der Waals surface area contributed by atoms with Crippen molar-refractivity contribution in [3.8, 4) is 0 Å². The van der Waals surface area contributed by atoms with E-state index >= 15 is 0 Å². The van der Waals surface area contributed by atoms with Crippen LogP contribution in [0, 0.1) is 0 Å². The summed E-state index contributed by atoms with van der Waals surface area (Å²) in [6.45, 7) is 7.77. The molecule has 1 saturated heterocycles. The Morgan fingerprint density at radius 2 is 1.61 bits per heavy atom. The Morgan fingerprint density at radius 3 is 2.16 bits per heavy atom. The van der Waals surface area contributed by atoms with Crippen molar-refractivity contribution in [2.75, 3.05) is 36.0 Å². The number of likely N-dealkylation sites (N-methyl/N-ethyl adjacent to an activating group) is 1. The number of benzene rings is 2. The lowest BCUT2D eigenvalue weighted by Gasteiger charge is -2.41. The number of amides is 3. The number of anilines is 2. The monoisotopic (exact) mass is 545 g/mol. The predicted octanol–water partition coefficient (Wildman–Crippen LogP) is 6.34. The largest absolute Gasteiger partial charge is 0.416 e. The van der Waals surface area contributed by atoms with Crippen LogP contribution in [0.5, 0.6) is 0 Å². The SMILES string of the molecule is CCN(CC)C(=O)C1=C(C)N=C2SCCCN2C1c1ccc(NC(=O)Nc2ccc(C(F)(F)F)cc2)cc1. The standard InChI is InChI=1S/C27H30F3N5O2S/c1-4-34(5-2)24(36)22-17(3)31-26-35(15-6-16-38-26)23(22)18-7-11-20(12-8-18)32-25(37)33-21-13-9-19(10-14-21)27(28,29)30/h7-14,23H,4-6,15-16H2,1-3H3,(H2,32,33,37). The molecule has 0 spiro atoms. The van der Waals surface area contributed by atoms with Gasteiger partial charge in [0.15, 0.2) is 5.17 Å². The van der Waals surface area contributed by atoms with E-state index in [0.29, 0.717) is 30.0 Å². The minimum Gasteiger partial charge on any atom is -0.340 e. The molecule has 202 valence electrons. The lowest BCUT2D eigenvalue weighted by atomic mass is 9.93. The van der Waals surface area contributed by atoms with Crippen LogP contribution in [0.1, 0.15) is 44.4 Å². The minimum atomic E-state index is -4.44. The molecule has 0 bridgehead atoms. The third-order valence-corrected chi connectivity index (χ3v) is 7.57. The minimum absolute atomic E-state index is 0.0333. The number of urea groups is 1. The van der Waals surface area contributed by atoms with Crippen molar-refractivity contribution < 1.29 is 22.8 Å². The smallest absolute Gasteiger partial charge is 0.340 e. The van der Waals surface area contributed by atoms with Gasteiger partial charge in [-0.05, 0) is 69.2 Å². The summed E-state index contributed by atoms with van der Waals surface area (Å²) in [5.41, 5.74) is 2.23. The Morgan fingerprint density at radius 1 is 1.03 bits per heavy atom. The van der Waals surface area contributed by atoms with Gasteiger partial charge in [0.2, 0.25) is 0 Å². The summed E-state index contributed by atoms with van der Waals surface area (Å²) in [4.78, 5) is 34.7. The van der Waals surface area contributed by atoms with Crippen molar-refractivity contribution in [3.63, 3.8) is 0 Å². The molecule has 3 amide bonds. The molecule has 11 heteroatoms. The molecule has 1 atom stereocenters. The summed E-state index contributed by atoms with van der Waals surface area (Å²) in [7, 11) is 0. The van der Waals surface area contributed by atoms with Gasteiger partial charge in [0.05, 0.1) is 22.9 Å². The van der Waals surface area contributed by atoms with Crippen LogP contribution in [0.25, 0.3) is 0 Å². The zero-order chi connectivity index (χ0) is 27.4. The van der Waals surface area contributed by atoms with Crippen LogP contribution in [0.4, 0.5) is 29.3 Å². The van der Waals surface area contributed by atoms with Crippen LogP contribution in [0.3, 0.4) is 0 Å². The number of carbonyl (C=O) groups is 2. The second-order valence-corrected chi connectivity index (χ2v) is 10.0. The molecule has 0 aromatic heterocycles. The predicted molar refractivity (Wildman–Crippen MR) is 145 cm³/mol. The number of hydrogen-bond acceptors (Lipinski definition) is 5. The fraction of sp³-hybridized carbons (Fsp3) is 0.370. The number of nitrogens with zero attached hydrogens (tertiary/aromatic N) is 3. The average Bonchev–Trinajstić information content (AvgIpc) is 2.88. The first kappa shape index (κ1) is 27.6. The number of rotatable bonds is 6. The fourth-order valence-electron chi connectivity index (χ4n) is 4.55. The first-order valence-electron chi connectivity index (χ1n) is 12.5. The van der Waals surface area contributed by atoms with E-state index in [-0.39, 0.29) is 17.6 Å². The zero-order valence-corrected chi connectivity index (χ0v) is 22.2. The van der Waals surface area contributed by atoms with Crippen LogP contribution >= 0.6 is 11.8 Å². The zero-order valence-electron chi connectivity index (χ0n) is 21.4. The van der Waals surface area contributed by atoms with E-state index in [4.69, 9.17) is 4.99 Å². The highest BCUT2D eigenvalue weighted by atomic mass is 32.2. The Labute approximate surface area is 224 Å². The van der Waals surface area contributed by atoms with Crippen molar-refractivity contribution in [3.05, 3.63) is 70.9 Å². The molecule has 0 aliphatic carbocycles. The van der Waals surface area contributed by atoms with Crippen LogP contribution in [0.2, 0.25) is 0 Å². The third-order valence-electron chi connectivity index (χ3n) is 6.49. The number of carbonyl (C=O) groups excluding carboxylic acids is 2. The molecule has 2 heterocycles. The number of aliphatic imine (C=N–C) groups is 1. The molecule has 0 radical (unpaired) electrons. The van der Waals surface area contributed by atoms with Gasteiger partial charge in [-0.1, -0.05) is 23.9 Å². The summed E-state index contributed by atoms with van der Waals surface area (Å²) in [6.07, 6.45) is -3.46. The van der Waals surface area contributed by atoms with Crippen LogP contribution < -0.4 is 10.6 Å². The quantitative estimate of drug-likeness (QED) is 0.444. The fourth-order valence-corrected chi connectivity index (χ4v) is 5.57. The number of thioether (sulfide) groups is 1. The Balaban J connectivity index is 1.53. The van der Waals surface area contributed by atoms with Crippen molar-refractivity contribution >= 4 is 40.2 Å². The topological polar surface area (TPSA) is 77.0 Å². The summed E-state index contributed by atoms with van der Waals surface area (Å²) >= 11 is 1.69. The molecular weight excluding hydrogens is 515 g/mol. The summed E-state index contributed by atoms with van der Waals surface area (Å²) in [5, 5.41) is 6.15. The molecule has 2 aromatic rings. The number of fused-ring (bicyclic) bond motifs is 1. The summed E-state index contributed by atoms with van der Waals surface area (Å²) < 4.78 is 38.3. The molecular formula is C27H30F3N5O2S. The summed E-state index contributed by atoms with van der Waals surface area (Å²) in [5.74, 6) is 0.944. The first-order valence-corrected chi connectivity index (χ1v) is 13.4. The normalized spacial score (nSPS) is 17.5. The molecule has 38 heavy (non-hydrogen) atoms. The maximum atomic E-state index is 13.5. The molecule has 2 aliphatic rings. The molecule has 2 aromatic carbocycles. The summed E-state index contributed by atoms with van der Waals surface area (Å²) in [6, 6.07) is 10.6. The number of allylic oxidation sites excluding steroid dienone is 1. The highest BCUT2D eigenvalue weighted by Crippen LogP contribution is 2.40. The number of halogens is 3. The lowest BCUT2D eigenvalue weighted by Crippen LogP contribution is -2.45. The lowest BCUT2D eigenvalue weighted by molar-refractivity contribution is -0.137. The molecule has 1 fully saturated rings. The Bertz CT molecular complexity index is 1240. The highest BCUT2D eigenvalue weighted by Gasteiger charge is 2.38. The highest BCUT2D eigenvalue weighted by molar-refractivity contribution is 8.13. The number of nitrogens with one attached hydrogen (secondary N) is 2. The van der Waals surface area contributed by atoms with Gasteiger partial charge >= 0.3 is 12.2 Å². The van der Waals surface area contributed by atoms with E-state index in [2.05, 4.69) is 15.5 Å². The van der Waals surface area contributed by atoms with Gasteiger partial charge < -0.3 is 20.4 Å². The molecule has 0 saturated carbocycles. The van der Waals surface area contributed by atoms with Gasteiger partial charge in [0.1, 0.15) is 0 Å². The average molecular weight is 546 g/mol. The number of alkyl halides is 3. The van der Waals surface area contributed by atoms with Crippen molar-refractivity contribution in [2.45, 2.75) is 39.4 Å². The van der Waals surface area contributed by atoms with Gasteiger partial charge in [-0.2, -0.15) is 13.2 Å². The van der Waals surface area contributed by atoms with Crippen LogP contribution in [0.15, 0.2) is 64.8 Å². The first-order chi connectivity index (χ1) is 18.1. The molecule has 1 unspecified atom stereocenters. The van der Waals surface area contributed by atoms with E-state index in [1.165, 1.54) is 12.1 Å². The molecule has 4 rings (SSSR count). The van der Waals surface area contributed by atoms with Gasteiger partial charge in [-0.3, -0.25) is 4.79 Å². The van der Waals surface area contributed by atoms with Crippen molar-refractivity contribution in [1.29, 1.82) is 0 Å². The second kappa shape index (κ2) is 11.5. The van der Waals surface area contributed by atoms with Gasteiger partial charge in [0, 0.05) is 36.8 Å². The van der Waals surface area contributed by atoms with E-state index in [1.54, 1.807) is 28.8 Å². The maximum absolute atomic E-state index is 13.5. The number of amidine groups is 1.